The van der Waals surface area contributed by atoms with E-state index in [0.29, 0.717) is 29.7 Å². The number of rotatable bonds is 4. The van der Waals surface area contributed by atoms with Crippen LogP contribution in [0.4, 0.5) is 0 Å². The van der Waals surface area contributed by atoms with Gasteiger partial charge >= 0.3 is 0 Å². The van der Waals surface area contributed by atoms with Crippen molar-refractivity contribution >= 4 is 5.91 Å². The average molecular weight is 279 g/mol. The summed E-state index contributed by atoms with van der Waals surface area (Å²) in [7, 11) is 0. The molecule has 0 saturated heterocycles. The molecule has 2 aliphatic rings. The summed E-state index contributed by atoms with van der Waals surface area (Å²) in [5.41, 5.74) is 0. The van der Waals surface area contributed by atoms with Gasteiger partial charge in [0.2, 0.25) is 5.91 Å². The molecule has 116 valence electrons. The van der Waals surface area contributed by atoms with Crippen LogP contribution in [0.1, 0.15) is 72.6 Å². The number of hydrogen-bond acceptors (Lipinski definition) is 1. The molecule has 0 unspecified atom stereocenters. The zero-order valence-corrected chi connectivity index (χ0v) is 13.8. The Labute approximate surface area is 125 Å². The lowest BCUT2D eigenvalue weighted by Crippen LogP contribution is -2.40. The van der Waals surface area contributed by atoms with Crippen LogP contribution >= 0.6 is 0 Å². The Morgan fingerprint density at radius 1 is 1.10 bits per heavy atom. The molecule has 1 N–H and O–H groups in total. The third-order valence-electron chi connectivity index (χ3n) is 6.08. The molecule has 4 atom stereocenters. The van der Waals surface area contributed by atoms with Gasteiger partial charge in [0.1, 0.15) is 0 Å². The van der Waals surface area contributed by atoms with Gasteiger partial charge in [0, 0.05) is 12.5 Å². The predicted octanol–water partition coefficient (Wildman–Crippen LogP) is 4.39. The predicted molar refractivity (Wildman–Crippen MR) is 84.4 cm³/mol. The first kappa shape index (κ1) is 15.9. The molecule has 2 aliphatic carbocycles. The Kier molecular flexibility index (Phi) is 5.51. The van der Waals surface area contributed by atoms with Crippen LogP contribution in [0.5, 0.6) is 0 Å². The molecule has 0 aliphatic heterocycles. The van der Waals surface area contributed by atoms with Crippen molar-refractivity contribution in [1.29, 1.82) is 0 Å². The van der Waals surface area contributed by atoms with Crippen LogP contribution in [0.15, 0.2) is 0 Å². The smallest absolute Gasteiger partial charge is 0.220 e. The normalized spacial score (nSPS) is 35.5. The van der Waals surface area contributed by atoms with Gasteiger partial charge in [0.05, 0.1) is 0 Å². The highest BCUT2D eigenvalue weighted by Crippen LogP contribution is 2.43. The molecule has 2 rings (SSSR count). The molecule has 0 radical (unpaired) electrons. The average Bonchev–Trinajstić information content (AvgIpc) is 2.87. The second-order valence-electron chi connectivity index (χ2n) is 7.74. The van der Waals surface area contributed by atoms with Crippen molar-refractivity contribution in [3.05, 3.63) is 0 Å². The van der Waals surface area contributed by atoms with Crippen molar-refractivity contribution in [3.8, 4) is 0 Å². The Morgan fingerprint density at radius 2 is 1.75 bits per heavy atom. The molecule has 2 fully saturated rings. The third kappa shape index (κ3) is 3.77. The van der Waals surface area contributed by atoms with Crippen molar-refractivity contribution < 1.29 is 4.79 Å². The Morgan fingerprint density at radius 3 is 2.35 bits per heavy atom. The summed E-state index contributed by atoms with van der Waals surface area (Å²) in [4.78, 5) is 12.4. The minimum Gasteiger partial charge on any atom is -0.353 e. The van der Waals surface area contributed by atoms with Crippen LogP contribution < -0.4 is 5.32 Å². The van der Waals surface area contributed by atoms with Crippen molar-refractivity contribution in [2.45, 2.75) is 78.7 Å². The van der Waals surface area contributed by atoms with Gasteiger partial charge in [-0.15, -0.1) is 0 Å². The van der Waals surface area contributed by atoms with Crippen molar-refractivity contribution in [3.63, 3.8) is 0 Å². The van der Waals surface area contributed by atoms with E-state index in [-0.39, 0.29) is 0 Å². The Balaban J connectivity index is 1.93. The van der Waals surface area contributed by atoms with Gasteiger partial charge in [-0.05, 0) is 48.9 Å². The first-order valence-corrected chi connectivity index (χ1v) is 8.78. The molecular weight excluding hydrogens is 246 g/mol. The number of nitrogens with one attached hydrogen (secondary N) is 1. The van der Waals surface area contributed by atoms with Gasteiger partial charge in [-0.25, -0.2) is 0 Å². The minimum absolute atomic E-state index is 0.313. The summed E-state index contributed by atoms with van der Waals surface area (Å²) in [5, 5.41) is 3.28. The molecular formula is C18H33NO. The van der Waals surface area contributed by atoms with E-state index in [1.54, 1.807) is 0 Å². The van der Waals surface area contributed by atoms with Crippen LogP contribution in [0.2, 0.25) is 0 Å². The van der Waals surface area contributed by atoms with E-state index in [9.17, 15) is 4.79 Å². The molecule has 0 aromatic heterocycles. The van der Waals surface area contributed by atoms with E-state index < -0.39 is 0 Å². The van der Waals surface area contributed by atoms with E-state index in [2.05, 4.69) is 33.0 Å². The molecule has 1 amide bonds. The maximum Gasteiger partial charge on any atom is 0.220 e. The topological polar surface area (TPSA) is 29.1 Å². The van der Waals surface area contributed by atoms with Crippen molar-refractivity contribution in [1.82, 2.24) is 5.32 Å². The van der Waals surface area contributed by atoms with E-state index in [4.69, 9.17) is 0 Å². The highest BCUT2D eigenvalue weighted by atomic mass is 16.1. The molecule has 0 aromatic rings. The fourth-order valence-electron chi connectivity index (χ4n) is 4.48. The van der Waals surface area contributed by atoms with Crippen LogP contribution in [-0.2, 0) is 4.79 Å². The molecule has 0 heterocycles. The lowest BCUT2D eigenvalue weighted by atomic mass is 9.63. The van der Waals surface area contributed by atoms with Crippen molar-refractivity contribution in [2.75, 3.05) is 0 Å². The Bertz CT molecular complexity index is 319. The summed E-state index contributed by atoms with van der Waals surface area (Å²) in [5.74, 6) is 3.79. The second kappa shape index (κ2) is 6.95. The fourth-order valence-corrected chi connectivity index (χ4v) is 4.48. The molecule has 0 spiro atoms. The quantitative estimate of drug-likeness (QED) is 0.812. The molecule has 2 nitrogen and oxygen atoms in total. The Hall–Kier alpha value is -0.530. The largest absolute Gasteiger partial charge is 0.353 e. The maximum atomic E-state index is 12.4. The van der Waals surface area contributed by atoms with Gasteiger partial charge in [0.25, 0.3) is 0 Å². The fraction of sp³-hybridized carbons (Fsp3) is 0.944. The number of carbonyl (C=O) groups excluding carboxylic acids is 1. The first-order chi connectivity index (χ1) is 9.49. The monoisotopic (exact) mass is 279 g/mol. The lowest BCUT2D eigenvalue weighted by molar-refractivity contribution is -0.124. The molecule has 2 saturated carbocycles. The third-order valence-corrected chi connectivity index (χ3v) is 6.08. The zero-order chi connectivity index (χ0) is 14.7. The minimum atomic E-state index is 0.313. The van der Waals surface area contributed by atoms with E-state index in [1.165, 1.54) is 38.5 Å². The van der Waals surface area contributed by atoms with Crippen LogP contribution in [-0.4, -0.2) is 11.9 Å². The van der Waals surface area contributed by atoms with Crippen molar-refractivity contribution in [2.24, 2.45) is 29.6 Å². The maximum absolute atomic E-state index is 12.4. The van der Waals surface area contributed by atoms with Gasteiger partial charge in [0.15, 0.2) is 0 Å². The standard InChI is InChI=1S/C18H33NO/c1-12(2)16-10-9-13(3)14(4)17(16)11-18(20)19-15-7-5-6-8-15/h12-17H,5-11H2,1-4H3,(H,19,20)/t13-,14-,16+,17-/m1/s1. The molecule has 0 bridgehead atoms. The highest BCUT2D eigenvalue weighted by Gasteiger charge is 2.37. The van der Waals surface area contributed by atoms with Gasteiger partial charge in [-0.2, -0.15) is 0 Å². The SMILES string of the molecule is CC(C)[C@@H]1CC[C@@H](C)[C@@H](C)[C@H]1CC(=O)NC1CCCC1. The lowest BCUT2D eigenvalue weighted by Gasteiger charge is -2.42. The molecule has 20 heavy (non-hydrogen) atoms. The van der Waals surface area contributed by atoms with Gasteiger partial charge < -0.3 is 5.32 Å². The first-order valence-electron chi connectivity index (χ1n) is 8.78. The van der Waals surface area contributed by atoms with E-state index in [1.807, 2.05) is 0 Å². The van der Waals surface area contributed by atoms with Crippen LogP contribution in [0, 0.1) is 29.6 Å². The number of amides is 1. The second-order valence-corrected chi connectivity index (χ2v) is 7.74. The van der Waals surface area contributed by atoms with Crippen LogP contribution in [0.25, 0.3) is 0 Å². The summed E-state index contributed by atoms with van der Waals surface area (Å²) in [6.07, 6.45) is 8.36. The number of hydrogen-bond donors (Lipinski definition) is 1. The van der Waals surface area contributed by atoms with E-state index >= 15 is 0 Å². The summed E-state index contributed by atoms with van der Waals surface area (Å²) in [6, 6.07) is 0.469. The molecule has 0 aromatic carbocycles. The zero-order valence-electron chi connectivity index (χ0n) is 13.8. The molecule has 2 heteroatoms. The van der Waals surface area contributed by atoms with E-state index in [0.717, 1.165) is 18.3 Å². The highest BCUT2D eigenvalue weighted by molar-refractivity contribution is 5.76. The number of carbonyl (C=O) groups is 1. The van der Waals surface area contributed by atoms with Gasteiger partial charge in [-0.3, -0.25) is 4.79 Å². The van der Waals surface area contributed by atoms with Gasteiger partial charge in [-0.1, -0.05) is 47.0 Å². The summed E-state index contributed by atoms with van der Waals surface area (Å²) < 4.78 is 0. The van der Waals surface area contributed by atoms with Crippen LogP contribution in [0.3, 0.4) is 0 Å². The summed E-state index contributed by atoms with van der Waals surface area (Å²) >= 11 is 0. The summed E-state index contributed by atoms with van der Waals surface area (Å²) in [6.45, 7) is 9.39.